The van der Waals surface area contributed by atoms with Crippen molar-refractivity contribution in [2.75, 3.05) is 12.9 Å². The minimum Gasteiger partial charge on any atom is -0.487 e. The Morgan fingerprint density at radius 2 is 2.13 bits per heavy atom. The van der Waals surface area contributed by atoms with E-state index in [4.69, 9.17) is 4.74 Å². The molecule has 2 rings (SSSR count). The fraction of sp³-hybridized carbons (Fsp3) is 0.455. The second-order valence-electron chi connectivity index (χ2n) is 3.65. The van der Waals surface area contributed by atoms with E-state index in [9.17, 15) is 8.78 Å². The van der Waals surface area contributed by atoms with Crippen molar-refractivity contribution in [2.24, 2.45) is 5.92 Å². The highest BCUT2D eigenvalue weighted by atomic mass is 32.2. The molecule has 0 saturated heterocycles. The topological polar surface area (TPSA) is 9.23 Å². The molecule has 1 fully saturated rings. The molecule has 0 N–H and O–H groups in total. The molecule has 0 atom stereocenters. The van der Waals surface area contributed by atoms with E-state index in [1.807, 2.05) is 0 Å². The lowest BCUT2D eigenvalue weighted by molar-refractivity contribution is 0.268. The molecule has 0 amide bonds. The summed E-state index contributed by atoms with van der Waals surface area (Å²) in [7, 11) is 0. The zero-order chi connectivity index (χ0) is 10.8. The van der Waals surface area contributed by atoms with Crippen LogP contribution in [0.4, 0.5) is 8.78 Å². The van der Waals surface area contributed by atoms with Gasteiger partial charge in [-0.3, -0.25) is 0 Å². The Morgan fingerprint density at radius 1 is 1.40 bits per heavy atom. The van der Waals surface area contributed by atoms with Crippen molar-refractivity contribution in [1.29, 1.82) is 0 Å². The number of hydrogen-bond donors (Lipinski definition) is 0. The molecule has 15 heavy (non-hydrogen) atoms. The van der Waals surface area contributed by atoms with E-state index in [2.05, 4.69) is 0 Å². The first-order chi connectivity index (χ1) is 7.22. The van der Waals surface area contributed by atoms with Gasteiger partial charge in [-0.1, -0.05) is 0 Å². The zero-order valence-electron chi connectivity index (χ0n) is 8.43. The van der Waals surface area contributed by atoms with Gasteiger partial charge in [-0.05, 0) is 37.1 Å². The third-order valence-electron chi connectivity index (χ3n) is 2.39. The number of hydrogen-bond acceptors (Lipinski definition) is 2. The van der Waals surface area contributed by atoms with Crippen molar-refractivity contribution in [1.82, 2.24) is 0 Å². The van der Waals surface area contributed by atoms with Gasteiger partial charge in [0.25, 0.3) is 0 Å². The van der Waals surface area contributed by atoms with E-state index in [0.29, 0.717) is 17.4 Å². The quantitative estimate of drug-likeness (QED) is 0.732. The molecule has 1 aromatic carbocycles. The molecule has 4 heteroatoms. The highest BCUT2D eigenvalue weighted by Gasteiger charge is 2.24. The lowest BCUT2D eigenvalue weighted by Crippen LogP contribution is -2.03. The van der Waals surface area contributed by atoms with E-state index in [1.165, 1.54) is 23.9 Å². The highest BCUT2D eigenvalue weighted by Crippen LogP contribution is 2.33. The molecule has 1 aliphatic carbocycles. The summed E-state index contributed by atoms with van der Waals surface area (Å²) in [6.45, 7) is 0.422. The fourth-order valence-corrected chi connectivity index (χ4v) is 1.77. The molecule has 0 aromatic heterocycles. The molecule has 0 unspecified atom stereocenters. The van der Waals surface area contributed by atoms with Crippen molar-refractivity contribution < 1.29 is 13.5 Å². The third kappa shape index (κ3) is 2.43. The van der Waals surface area contributed by atoms with Crippen molar-refractivity contribution in [3.63, 3.8) is 0 Å². The average Bonchev–Trinajstić information content (AvgIpc) is 3.02. The summed E-state index contributed by atoms with van der Waals surface area (Å²) in [5.74, 6) is -0.940. The predicted molar refractivity (Wildman–Crippen MR) is 56.4 cm³/mol. The molecule has 1 nitrogen and oxygen atoms in total. The third-order valence-corrected chi connectivity index (χ3v) is 3.15. The first kappa shape index (κ1) is 10.7. The maximum atomic E-state index is 13.6. The van der Waals surface area contributed by atoms with Gasteiger partial charge in [0.05, 0.1) is 6.61 Å². The maximum absolute atomic E-state index is 13.6. The van der Waals surface area contributed by atoms with Crippen LogP contribution in [0.1, 0.15) is 12.8 Å². The van der Waals surface area contributed by atoms with E-state index in [0.717, 1.165) is 12.8 Å². The zero-order valence-corrected chi connectivity index (χ0v) is 9.24. The Bertz CT molecular complexity index is 364. The number of halogens is 2. The molecule has 0 spiro atoms. The van der Waals surface area contributed by atoms with Crippen molar-refractivity contribution in [3.8, 4) is 5.75 Å². The average molecular weight is 230 g/mol. The fourth-order valence-electron chi connectivity index (χ4n) is 1.29. The highest BCUT2D eigenvalue weighted by molar-refractivity contribution is 7.98. The van der Waals surface area contributed by atoms with E-state index in [1.54, 1.807) is 6.26 Å². The maximum Gasteiger partial charge on any atom is 0.191 e. The SMILES string of the molecule is CSc1ccc(F)c(OCC2CC2)c1F. The summed E-state index contributed by atoms with van der Waals surface area (Å²) in [5.41, 5.74) is 0. The number of benzene rings is 1. The van der Waals surface area contributed by atoms with Crippen LogP contribution in [0.15, 0.2) is 17.0 Å². The molecule has 1 aromatic rings. The summed E-state index contributed by atoms with van der Waals surface area (Å²) in [6.07, 6.45) is 3.96. The smallest absolute Gasteiger partial charge is 0.191 e. The van der Waals surface area contributed by atoms with Crippen molar-refractivity contribution >= 4 is 11.8 Å². The van der Waals surface area contributed by atoms with E-state index < -0.39 is 11.6 Å². The minimum atomic E-state index is -0.619. The lowest BCUT2D eigenvalue weighted by Gasteiger charge is -2.09. The van der Waals surface area contributed by atoms with Gasteiger partial charge in [0.2, 0.25) is 0 Å². The van der Waals surface area contributed by atoms with Crippen LogP contribution < -0.4 is 4.74 Å². The van der Waals surface area contributed by atoms with Gasteiger partial charge in [0.15, 0.2) is 17.4 Å². The van der Waals surface area contributed by atoms with Crippen molar-refractivity contribution in [3.05, 3.63) is 23.8 Å². The second kappa shape index (κ2) is 4.39. The summed E-state index contributed by atoms with van der Waals surface area (Å²) in [4.78, 5) is 0.419. The van der Waals surface area contributed by atoms with Crippen LogP contribution in [-0.2, 0) is 0 Å². The Morgan fingerprint density at radius 3 is 2.73 bits per heavy atom. The first-order valence-electron chi connectivity index (χ1n) is 4.87. The molecular formula is C11H12F2OS. The normalized spacial score (nSPS) is 15.4. The Balaban J connectivity index is 2.18. The lowest BCUT2D eigenvalue weighted by atomic mass is 10.3. The number of thioether (sulfide) groups is 1. The summed E-state index contributed by atoms with van der Waals surface area (Å²) < 4.78 is 32.1. The molecule has 1 aliphatic rings. The predicted octanol–water partition coefficient (Wildman–Crippen LogP) is 3.48. The van der Waals surface area contributed by atoms with Crippen molar-refractivity contribution in [2.45, 2.75) is 17.7 Å². The van der Waals surface area contributed by atoms with Crippen LogP contribution >= 0.6 is 11.8 Å². The molecule has 1 saturated carbocycles. The van der Waals surface area contributed by atoms with Crippen LogP contribution in [-0.4, -0.2) is 12.9 Å². The van der Waals surface area contributed by atoms with Gasteiger partial charge in [0.1, 0.15) is 0 Å². The van der Waals surface area contributed by atoms with E-state index in [-0.39, 0.29) is 5.75 Å². The summed E-state index contributed by atoms with van der Waals surface area (Å²) in [6, 6.07) is 2.68. The van der Waals surface area contributed by atoms with Gasteiger partial charge in [0, 0.05) is 4.90 Å². The molecule has 0 aliphatic heterocycles. The Kier molecular flexibility index (Phi) is 3.14. The molecule has 0 radical (unpaired) electrons. The Hall–Kier alpha value is -0.770. The molecule has 0 bridgehead atoms. The molecular weight excluding hydrogens is 218 g/mol. The minimum absolute atomic E-state index is 0.228. The van der Waals surface area contributed by atoms with E-state index >= 15 is 0 Å². The summed E-state index contributed by atoms with van der Waals surface area (Å²) in [5, 5.41) is 0. The monoisotopic (exact) mass is 230 g/mol. The van der Waals surface area contributed by atoms with Gasteiger partial charge < -0.3 is 4.74 Å². The van der Waals surface area contributed by atoms with Crippen LogP contribution in [0.5, 0.6) is 5.75 Å². The molecule has 0 heterocycles. The Labute approximate surface area is 91.8 Å². The molecule has 82 valence electrons. The van der Waals surface area contributed by atoms with Crippen LogP contribution in [0, 0.1) is 17.6 Å². The second-order valence-corrected chi connectivity index (χ2v) is 4.50. The number of ether oxygens (including phenoxy) is 1. The standard InChI is InChI=1S/C11H12F2OS/c1-15-9-5-4-8(12)11(10(9)13)14-6-7-2-3-7/h4-5,7H,2-3,6H2,1H3. The van der Waals surface area contributed by atoms with Crippen LogP contribution in [0.3, 0.4) is 0 Å². The van der Waals surface area contributed by atoms with Gasteiger partial charge >= 0.3 is 0 Å². The van der Waals surface area contributed by atoms with Gasteiger partial charge in [-0.2, -0.15) is 0 Å². The number of rotatable bonds is 4. The van der Waals surface area contributed by atoms with Gasteiger partial charge in [-0.15, -0.1) is 11.8 Å². The van der Waals surface area contributed by atoms with Crippen LogP contribution in [0.2, 0.25) is 0 Å². The largest absolute Gasteiger partial charge is 0.487 e. The van der Waals surface area contributed by atoms with Gasteiger partial charge in [-0.25, -0.2) is 8.78 Å². The summed E-state index contributed by atoms with van der Waals surface area (Å²) >= 11 is 1.25. The first-order valence-corrected chi connectivity index (χ1v) is 6.09. The van der Waals surface area contributed by atoms with Crippen LogP contribution in [0.25, 0.3) is 0 Å².